The van der Waals surface area contributed by atoms with E-state index in [0.717, 1.165) is 20.8 Å². The Morgan fingerprint density at radius 2 is 1.53 bits per heavy atom. The summed E-state index contributed by atoms with van der Waals surface area (Å²) in [5, 5.41) is 1.70. The van der Waals surface area contributed by atoms with Crippen LogP contribution in [0.2, 0.25) is 0 Å². The maximum Gasteiger partial charge on any atom is 0.471 e. The molecule has 5 atom stereocenters. The molecule has 0 aromatic heterocycles. The third-order valence-corrected chi connectivity index (χ3v) is 4.52. The van der Waals surface area contributed by atoms with Gasteiger partial charge in [0, 0.05) is 20.8 Å². The average molecular weight is 491 g/mol. The van der Waals surface area contributed by atoms with Gasteiger partial charge in [0.25, 0.3) is 0 Å². The van der Waals surface area contributed by atoms with Crippen LogP contribution in [0.15, 0.2) is 30.3 Å². The molecule has 1 aromatic carbocycles. The van der Waals surface area contributed by atoms with Crippen LogP contribution < -0.4 is 5.32 Å². The predicted molar refractivity (Wildman–Crippen MR) is 106 cm³/mol. The van der Waals surface area contributed by atoms with Gasteiger partial charge in [0.15, 0.2) is 18.5 Å². The predicted octanol–water partition coefficient (Wildman–Crippen LogP) is 1.40. The minimum Gasteiger partial charge on any atom is -0.463 e. The smallest absolute Gasteiger partial charge is 0.463 e. The first-order valence-electron chi connectivity index (χ1n) is 10.0. The van der Waals surface area contributed by atoms with Crippen molar-refractivity contribution >= 4 is 23.8 Å². The monoisotopic (exact) mass is 491 g/mol. The number of alkyl halides is 3. The molecule has 1 saturated heterocycles. The van der Waals surface area contributed by atoms with E-state index < -0.39 is 67.2 Å². The Labute approximate surface area is 192 Å². The molecule has 2 rings (SSSR count). The number of nitrogens with one attached hydrogen (secondary N) is 1. The highest BCUT2D eigenvalue weighted by atomic mass is 19.4. The first-order valence-corrected chi connectivity index (χ1v) is 10.0. The molecule has 1 heterocycles. The number of carbonyl (C=O) groups excluding carboxylic acids is 4. The van der Waals surface area contributed by atoms with Gasteiger partial charge in [0.1, 0.15) is 18.8 Å². The number of hydrogen-bond acceptors (Lipinski definition) is 9. The van der Waals surface area contributed by atoms with Gasteiger partial charge in [-0.3, -0.25) is 19.2 Å². The summed E-state index contributed by atoms with van der Waals surface area (Å²) < 4.78 is 65.6. The van der Waals surface area contributed by atoms with E-state index in [1.165, 1.54) is 0 Å². The fourth-order valence-corrected chi connectivity index (χ4v) is 3.19. The van der Waals surface area contributed by atoms with E-state index in [0.29, 0.717) is 5.56 Å². The Balaban J connectivity index is 2.43. The quantitative estimate of drug-likeness (QED) is 0.424. The normalized spacial score (nSPS) is 24.6. The summed E-state index contributed by atoms with van der Waals surface area (Å²) in [5.74, 6) is -4.97. The summed E-state index contributed by atoms with van der Waals surface area (Å²) in [6.07, 6.45) is -11.4. The van der Waals surface area contributed by atoms with E-state index in [2.05, 4.69) is 0 Å². The fraction of sp³-hybridized carbons (Fsp3) is 0.524. The van der Waals surface area contributed by atoms with E-state index in [1.807, 2.05) is 0 Å². The van der Waals surface area contributed by atoms with E-state index >= 15 is 0 Å². The molecule has 0 unspecified atom stereocenters. The van der Waals surface area contributed by atoms with E-state index in [9.17, 15) is 32.3 Å². The second kappa shape index (κ2) is 11.8. The maximum atomic E-state index is 13.0. The molecule has 0 aliphatic carbocycles. The molecule has 10 nitrogen and oxygen atoms in total. The lowest BCUT2D eigenvalue weighted by atomic mass is 9.95. The topological polar surface area (TPSA) is 126 Å². The van der Waals surface area contributed by atoms with Crippen molar-refractivity contribution in [2.24, 2.45) is 0 Å². The molecule has 1 aliphatic heterocycles. The molecule has 1 aliphatic rings. The van der Waals surface area contributed by atoms with Crippen molar-refractivity contribution in [2.75, 3.05) is 6.61 Å². The fourth-order valence-electron chi connectivity index (χ4n) is 3.19. The first kappa shape index (κ1) is 27.1. The van der Waals surface area contributed by atoms with Crippen molar-refractivity contribution in [2.45, 2.75) is 64.2 Å². The first-order chi connectivity index (χ1) is 15.9. The summed E-state index contributed by atoms with van der Waals surface area (Å²) in [7, 11) is 0. The zero-order valence-electron chi connectivity index (χ0n) is 18.5. The maximum absolute atomic E-state index is 13.0. The molecular formula is C21H24F3NO9. The van der Waals surface area contributed by atoms with Crippen molar-refractivity contribution in [1.82, 2.24) is 5.32 Å². The van der Waals surface area contributed by atoms with Crippen molar-refractivity contribution in [3.8, 4) is 0 Å². The largest absolute Gasteiger partial charge is 0.471 e. The van der Waals surface area contributed by atoms with Gasteiger partial charge < -0.3 is 29.0 Å². The minimum absolute atomic E-state index is 0.109. The third kappa shape index (κ3) is 7.99. The van der Waals surface area contributed by atoms with Crippen LogP contribution in [0, 0.1) is 0 Å². The van der Waals surface area contributed by atoms with Crippen molar-refractivity contribution in [3.05, 3.63) is 35.9 Å². The molecule has 0 spiro atoms. The molecular weight excluding hydrogens is 467 g/mol. The van der Waals surface area contributed by atoms with Crippen LogP contribution in [-0.4, -0.2) is 67.2 Å². The van der Waals surface area contributed by atoms with Crippen molar-refractivity contribution in [3.63, 3.8) is 0 Å². The van der Waals surface area contributed by atoms with Gasteiger partial charge in [-0.15, -0.1) is 0 Å². The van der Waals surface area contributed by atoms with E-state index in [-0.39, 0.29) is 6.61 Å². The molecule has 1 amide bonds. The number of benzene rings is 1. The molecule has 1 aromatic rings. The zero-order chi connectivity index (χ0) is 25.5. The molecule has 13 heteroatoms. The van der Waals surface area contributed by atoms with Gasteiger partial charge in [-0.2, -0.15) is 13.2 Å². The Morgan fingerprint density at radius 3 is 2.06 bits per heavy atom. The Morgan fingerprint density at radius 1 is 0.941 bits per heavy atom. The average Bonchev–Trinajstić information content (AvgIpc) is 2.73. The number of carbonyl (C=O) groups is 4. The zero-order valence-corrected chi connectivity index (χ0v) is 18.5. The third-order valence-electron chi connectivity index (χ3n) is 4.52. The van der Waals surface area contributed by atoms with Crippen LogP contribution >= 0.6 is 0 Å². The standard InChI is InChI=1S/C21H24F3NO9/c1-11(26)30-10-15-17(32-12(2)27)16(25-20(29)21(22,23)24)18(33-13(3)28)19(34-15)31-9-14-7-5-4-6-8-14/h4-8,15-19H,9-10H2,1-3H3,(H,25,29)/t15-,16+,17-,18-,19+/m0/s1. The lowest BCUT2D eigenvalue weighted by Crippen LogP contribution is -2.68. The number of amides is 1. The van der Waals surface area contributed by atoms with E-state index in [1.54, 1.807) is 35.6 Å². The minimum atomic E-state index is -5.30. The number of halogens is 3. The molecule has 0 saturated carbocycles. The summed E-state index contributed by atoms with van der Waals surface area (Å²) in [5.41, 5.74) is 0.655. The Kier molecular flexibility index (Phi) is 9.38. The van der Waals surface area contributed by atoms with Gasteiger partial charge in [0.2, 0.25) is 0 Å². The van der Waals surface area contributed by atoms with Gasteiger partial charge in [-0.25, -0.2) is 0 Å². The second-order valence-corrected chi connectivity index (χ2v) is 7.29. The number of hydrogen-bond donors (Lipinski definition) is 1. The molecule has 188 valence electrons. The molecule has 1 N–H and O–H groups in total. The lowest BCUT2D eigenvalue weighted by molar-refractivity contribution is -0.289. The molecule has 34 heavy (non-hydrogen) atoms. The van der Waals surface area contributed by atoms with Crippen LogP contribution in [0.4, 0.5) is 13.2 Å². The van der Waals surface area contributed by atoms with E-state index in [4.69, 9.17) is 23.7 Å². The van der Waals surface area contributed by atoms with Crippen LogP contribution in [-0.2, 0) is 49.5 Å². The van der Waals surface area contributed by atoms with Crippen LogP contribution in [0.5, 0.6) is 0 Å². The summed E-state index contributed by atoms with van der Waals surface area (Å²) >= 11 is 0. The highest BCUT2D eigenvalue weighted by Crippen LogP contribution is 2.29. The highest BCUT2D eigenvalue weighted by Gasteiger charge is 2.53. The van der Waals surface area contributed by atoms with Crippen LogP contribution in [0.25, 0.3) is 0 Å². The molecule has 1 fully saturated rings. The van der Waals surface area contributed by atoms with Gasteiger partial charge in [0.05, 0.1) is 6.61 Å². The SMILES string of the molecule is CC(=O)OC[C@@H]1O[C@@H](OCc2ccccc2)[C@@H](OC(C)=O)[C@H](NC(=O)C(F)(F)F)[C@H]1OC(C)=O. The van der Waals surface area contributed by atoms with Gasteiger partial charge in [-0.05, 0) is 5.56 Å². The number of ether oxygens (including phenoxy) is 5. The Bertz CT molecular complexity index is 878. The molecule has 0 radical (unpaired) electrons. The highest BCUT2D eigenvalue weighted by molar-refractivity contribution is 5.82. The van der Waals surface area contributed by atoms with Gasteiger partial charge in [-0.1, -0.05) is 30.3 Å². The summed E-state index contributed by atoms with van der Waals surface area (Å²) in [6, 6.07) is 6.84. The van der Waals surface area contributed by atoms with Gasteiger partial charge >= 0.3 is 30.0 Å². The van der Waals surface area contributed by atoms with Crippen LogP contribution in [0.1, 0.15) is 26.3 Å². The number of rotatable bonds is 8. The molecule has 0 bridgehead atoms. The van der Waals surface area contributed by atoms with Crippen molar-refractivity contribution < 1.29 is 56.0 Å². The Hall–Kier alpha value is -3.19. The second-order valence-electron chi connectivity index (χ2n) is 7.29. The number of esters is 3. The lowest BCUT2D eigenvalue weighted by Gasteiger charge is -2.45. The summed E-state index contributed by atoms with van der Waals surface area (Å²) in [4.78, 5) is 46.5. The van der Waals surface area contributed by atoms with Crippen LogP contribution in [0.3, 0.4) is 0 Å². The summed E-state index contributed by atoms with van der Waals surface area (Å²) in [6.45, 7) is 2.38. The van der Waals surface area contributed by atoms with Crippen molar-refractivity contribution in [1.29, 1.82) is 0 Å².